The second-order valence-electron chi connectivity index (χ2n) is 2.58. The van der Waals surface area contributed by atoms with Crippen LogP contribution in [0.2, 0.25) is 0 Å². The first-order valence-electron chi connectivity index (χ1n) is 3.78. The average Bonchev–Trinajstić information content (AvgIpc) is 2.10. The van der Waals surface area contributed by atoms with Gasteiger partial charge in [0.1, 0.15) is 0 Å². The quantitative estimate of drug-likeness (QED) is 0.720. The fraction of sp³-hybridized carbons (Fsp3) is 0.222. The van der Waals surface area contributed by atoms with Gasteiger partial charge >= 0.3 is 0 Å². The summed E-state index contributed by atoms with van der Waals surface area (Å²) in [5, 5.41) is 2.63. The zero-order valence-corrected chi connectivity index (χ0v) is 7.10. The van der Waals surface area contributed by atoms with E-state index < -0.39 is 11.6 Å². The standard InChI is InChI=1S/C9H9F2NO/c1-12-5-9(13)6-2-3-7(10)8(11)4-6/h2-4,12H,5H2,1H3. The molecule has 70 valence electrons. The molecule has 0 atom stereocenters. The molecule has 0 aliphatic heterocycles. The van der Waals surface area contributed by atoms with Gasteiger partial charge in [-0.1, -0.05) is 0 Å². The van der Waals surface area contributed by atoms with Crippen molar-refractivity contribution in [2.45, 2.75) is 0 Å². The van der Waals surface area contributed by atoms with Gasteiger partial charge in [-0.15, -0.1) is 0 Å². The van der Waals surface area contributed by atoms with E-state index >= 15 is 0 Å². The Hall–Kier alpha value is -1.29. The molecule has 0 bridgehead atoms. The molecule has 2 nitrogen and oxygen atoms in total. The molecule has 0 unspecified atom stereocenters. The van der Waals surface area contributed by atoms with Crippen LogP contribution in [-0.2, 0) is 0 Å². The molecule has 1 rings (SSSR count). The number of hydrogen-bond donors (Lipinski definition) is 1. The Kier molecular flexibility index (Phi) is 3.08. The van der Waals surface area contributed by atoms with Crippen molar-refractivity contribution >= 4 is 5.78 Å². The molecule has 0 saturated heterocycles. The third kappa shape index (κ3) is 2.32. The van der Waals surface area contributed by atoms with Gasteiger partial charge in [-0.2, -0.15) is 0 Å². The van der Waals surface area contributed by atoms with Crippen LogP contribution in [0.25, 0.3) is 0 Å². The number of Topliss-reactive ketones (excluding diaryl/α,β-unsaturated/α-hetero) is 1. The van der Waals surface area contributed by atoms with Gasteiger partial charge in [-0.3, -0.25) is 4.79 Å². The number of hydrogen-bond acceptors (Lipinski definition) is 2. The van der Waals surface area contributed by atoms with E-state index in [1.165, 1.54) is 6.07 Å². The lowest BCUT2D eigenvalue weighted by molar-refractivity contribution is 0.0993. The highest BCUT2D eigenvalue weighted by Gasteiger charge is 2.08. The Morgan fingerprint density at radius 3 is 2.62 bits per heavy atom. The number of nitrogens with one attached hydrogen (secondary N) is 1. The number of benzene rings is 1. The van der Waals surface area contributed by atoms with E-state index in [-0.39, 0.29) is 17.9 Å². The van der Waals surface area contributed by atoms with Crippen molar-refractivity contribution in [1.82, 2.24) is 5.32 Å². The van der Waals surface area contributed by atoms with Crippen LogP contribution >= 0.6 is 0 Å². The predicted molar refractivity (Wildman–Crippen MR) is 44.6 cm³/mol. The maximum absolute atomic E-state index is 12.6. The van der Waals surface area contributed by atoms with E-state index in [1.807, 2.05) is 0 Å². The van der Waals surface area contributed by atoms with E-state index in [0.717, 1.165) is 12.1 Å². The molecule has 0 saturated carbocycles. The molecular formula is C9H9F2NO. The van der Waals surface area contributed by atoms with E-state index in [0.29, 0.717) is 0 Å². The lowest BCUT2D eigenvalue weighted by atomic mass is 10.1. The predicted octanol–water partition coefficient (Wildman–Crippen LogP) is 1.37. The third-order valence-corrected chi connectivity index (χ3v) is 1.58. The summed E-state index contributed by atoms with van der Waals surface area (Å²) >= 11 is 0. The van der Waals surface area contributed by atoms with Crippen molar-refractivity contribution in [1.29, 1.82) is 0 Å². The van der Waals surface area contributed by atoms with Gasteiger partial charge in [0.15, 0.2) is 17.4 Å². The number of rotatable bonds is 3. The highest BCUT2D eigenvalue weighted by molar-refractivity contribution is 5.97. The van der Waals surface area contributed by atoms with Crippen LogP contribution in [0.1, 0.15) is 10.4 Å². The topological polar surface area (TPSA) is 29.1 Å². The molecule has 0 aromatic heterocycles. The first-order valence-corrected chi connectivity index (χ1v) is 3.78. The Labute approximate surface area is 74.6 Å². The number of likely N-dealkylation sites (N-methyl/N-ethyl adjacent to an activating group) is 1. The maximum Gasteiger partial charge on any atom is 0.176 e. The number of halogens is 2. The Balaban J connectivity index is 2.90. The zero-order valence-electron chi connectivity index (χ0n) is 7.10. The average molecular weight is 185 g/mol. The normalized spacial score (nSPS) is 10.1. The van der Waals surface area contributed by atoms with Crippen molar-refractivity contribution in [2.24, 2.45) is 0 Å². The molecule has 0 fully saturated rings. The SMILES string of the molecule is CNCC(=O)c1ccc(F)c(F)c1. The van der Waals surface area contributed by atoms with E-state index in [4.69, 9.17) is 0 Å². The van der Waals surface area contributed by atoms with Crippen LogP contribution in [0.3, 0.4) is 0 Å². The molecule has 0 aliphatic carbocycles. The van der Waals surface area contributed by atoms with Crippen molar-refractivity contribution < 1.29 is 13.6 Å². The van der Waals surface area contributed by atoms with E-state index in [9.17, 15) is 13.6 Å². The van der Waals surface area contributed by atoms with Crippen molar-refractivity contribution in [3.63, 3.8) is 0 Å². The Morgan fingerprint density at radius 1 is 1.38 bits per heavy atom. The minimum Gasteiger partial charge on any atom is -0.313 e. The number of ketones is 1. The van der Waals surface area contributed by atoms with Gasteiger partial charge in [0.25, 0.3) is 0 Å². The van der Waals surface area contributed by atoms with Crippen molar-refractivity contribution in [2.75, 3.05) is 13.6 Å². The van der Waals surface area contributed by atoms with Gasteiger partial charge < -0.3 is 5.32 Å². The molecule has 4 heteroatoms. The van der Waals surface area contributed by atoms with Crippen LogP contribution in [0.15, 0.2) is 18.2 Å². The van der Waals surface area contributed by atoms with Gasteiger partial charge in [-0.25, -0.2) is 8.78 Å². The van der Waals surface area contributed by atoms with Crippen molar-refractivity contribution in [3.05, 3.63) is 35.4 Å². The highest BCUT2D eigenvalue weighted by atomic mass is 19.2. The van der Waals surface area contributed by atoms with Gasteiger partial charge in [0.05, 0.1) is 6.54 Å². The highest BCUT2D eigenvalue weighted by Crippen LogP contribution is 2.08. The fourth-order valence-electron chi connectivity index (χ4n) is 0.932. The first kappa shape index (κ1) is 9.80. The van der Waals surface area contributed by atoms with E-state index in [1.54, 1.807) is 7.05 Å². The Morgan fingerprint density at radius 2 is 2.08 bits per heavy atom. The molecule has 0 aliphatic rings. The van der Waals surface area contributed by atoms with Crippen molar-refractivity contribution in [3.8, 4) is 0 Å². The third-order valence-electron chi connectivity index (χ3n) is 1.58. The summed E-state index contributed by atoms with van der Waals surface area (Å²) in [6, 6.07) is 3.10. The second kappa shape index (κ2) is 4.09. The summed E-state index contributed by atoms with van der Waals surface area (Å²) in [6.45, 7) is 0.116. The largest absolute Gasteiger partial charge is 0.313 e. The molecule has 0 spiro atoms. The number of carbonyl (C=O) groups excluding carboxylic acids is 1. The summed E-state index contributed by atoms with van der Waals surface area (Å²) in [7, 11) is 1.61. The first-order chi connectivity index (χ1) is 6.15. The number of carbonyl (C=O) groups is 1. The van der Waals surface area contributed by atoms with Crippen LogP contribution in [-0.4, -0.2) is 19.4 Å². The van der Waals surface area contributed by atoms with Crippen LogP contribution in [0.4, 0.5) is 8.78 Å². The molecule has 0 radical (unpaired) electrons. The molecule has 0 amide bonds. The van der Waals surface area contributed by atoms with Crippen LogP contribution in [0.5, 0.6) is 0 Å². The van der Waals surface area contributed by atoms with Crippen LogP contribution in [0, 0.1) is 11.6 Å². The van der Waals surface area contributed by atoms with E-state index in [2.05, 4.69) is 5.32 Å². The minimum atomic E-state index is -0.998. The molecule has 1 N–H and O–H groups in total. The minimum absolute atomic E-state index is 0.116. The molecule has 1 aromatic carbocycles. The Bertz CT molecular complexity index is 325. The smallest absolute Gasteiger partial charge is 0.176 e. The summed E-state index contributed by atoms with van der Waals surface area (Å²) in [5.74, 6) is -2.20. The van der Waals surface area contributed by atoms with Gasteiger partial charge in [-0.05, 0) is 25.2 Å². The molecule has 0 heterocycles. The summed E-state index contributed by atoms with van der Waals surface area (Å²) in [5.41, 5.74) is 0.174. The van der Waals surface area contributed by atoms with Gasteiger partial charge in [0, 0.05) is 5.56 Å². The molecule has 1 aromatic rings. The van der Waals surface area contributed by atoms with Gasteiger partial charge in [0.2, 0.25) is 0 Å². The zero-order chi connectivity index (χ0) is 9.84. The lowest BCUT2D eigenvalue weighted by Crippen LogP contribution is -2.18. The fourth-order valence-corrected chi connectivity index (χ4v) is 0.932. The maximum atomic E-state index is 12.6. The molecular weight excluding hydrogens is 176 g/mol. The second-order valence-corrected chi connectivity index (χ2v) is 2.58. The lowest BCUT2D eigenvalue weighted by Gasteiger charge is -2.00. The monoisotopic (exact) mass is 185 g/mol. The summed E-state index contributed by atoms with van der Waals surface area (Å²) < 4.78 is 25.1. The van der Waals surface area contributed by atoms with Crippen LogP contribution < -0.4 is 5.32 Å². The molecule has 13 heavy (non-hydrogen) atoms. The summed E-state index contributed by atoms with van der Waals surface area (Å²) in [6.07, 6.45) is 0. The summed E-state index contributed by atoms with van der Waals surface area (Å²) in [4.78, 5) is 11.2.